The molecule has 8 heteroatoms. The second kappa shape index (κ2) is 6.96. The first-order valence-electron chi connectivity index (χ1n) is 8.66. The summed E-state index contributed by atoms with van der Waals surface area (Å²) in [4.78, 5) is 41.3. The van der Waals surface area contributed by atoms with Gasteiger partial charge in [0, 0.05) is 28.4 Å². The molecule has 0 unspecified atom stereocenters. The second-order valence-electron chi connectivity index (χ2n) is 6.24. The minimum absolute atomic E-state index is 0.0801. The van der Waals surface area contributed by atoms with Crippen molar-refractivity contribution in [3.63, 3.8) is 0 Å². The van der Waals surface area contributed by atoms with E-state index in [0.29, 0.717) is 21.5 Å². The van der Waals surface area contributed by atoms with Gasteiger partial charge in [0.05, 0.1) is 12.2 Å². The lowest BCUT2D eigenvalue weighted by Gasteiger charge is -2.11. The molecule has 7 nitrogen and oxygen atoms in total. The van der Waals surface area contributed by atoms with Crippen molar-refractivity contribution in [1.29, 1.82) is 0 Å². The standard InChI is InChI=1S/C19H17N3O4S/c1-2-26-18(25)15-10-27-19(20-15)21-16(23)14-9-22(11-7-8-11)17(24)13-6-4-3-5-12(13)14/h3-6,9-11H,2,7-8H2,1H3,(H,20,21,23). The molecule has 1 aliphatic rings. The highest BCUT2D eigenvalue weighted by Crippen LogP contribution is 2.34. The van der Waals surface area contributed by atoms with Gasteiger partial charge < -0.3 is 9.30 Å². The fraction of sp³-hybridized carbons (Fsp3) is 0.263. The molecule has 0 bridgehead atoms. The summed E-state index contributed by atoms with van der Waals surface area (Å²) in [6.07, 6.45) is 3.50. The van der Waals surface area contributed by atoms with E-state index < -0.39 is 5.97 Å². The quantitative estimate of drug-likeness (QED) is 0.683. The van der Waals surface area contributed by atoms with Crippen molar-refractivity contribution in [1.82, 2.24) is 9.55 Å². The lowest BCUT2D eigenvalue weighted by molar-refractivity contribution is 0.0520. The molecule has 1 aliphatic carbocycles. The minimum Gasteiger partial charge on any atom is -0.461 e. The summed E-state index contributed by atoms with van der Waals surface area (Å²) in [5.74, 6) is -0.896. The summed E-state index contributed by atoms with van der Waals surface area (Å²) in [6.45, 7) is 1.97. The summed E-state index contributed by atoms with van der Waals surface area (Å²) in [5.41, 5.74) is 0.485. The molecule has 3 aromatic rings. The minimum atomic E-state index is -0.526. The van der Waals surface area contributed by atoms with Crippen LogP contribution in [-0.4, -0.2) is 28.0 Å². The molecule has 0 spiro atoms. The average molecular weight is 383 g/mol. The van der Waals surface area contributed by atoms with Crippen LogP contribution < -0.4 is 10.9 Å². The molecule has 2 aromatic heterocycles. The number of ether oxygens (including phenoxy) is 1. The first kappa shape index (κ1) is 17.4. The molecular weight excluding hydrogens is 366 g/mol. The Morgan fingerprint density at radius 2 is 2.04 bits per heavy atom. The number of nitrogens with one attached hydrogen (secondary N) is 1. The molecule has 0 atom stereocenters. The molecule has 1 saturated carbocycles. The number of nitrogens with zero attached hydrogens (tertiary/aromatic N) is 2. The average Bonchev–Trinajstić information content (AvgIpc) is 3.40. The lowest BCUT2D eigenvalue weighted by atomic mass is 10.1. The van der Waals surface area contributed by atoms with E-state index >= 15 is 0 Å². The van der Waals surface area contributed by atoms with Crippen LogP contribution in [0.4, 0.5) is 5.13 Å². The summed E-state index contributed by atoms with van der Waals surface area (Å²) in [7, 11) is 0. The summed E-state index contributed by atoms with van der Waals surface area (Å²) in [6, 6.07) is 7.23. The van der Waals surface area contributed by atoms with E-state index in [2.05, 4.69) is 10.3 Å². The monoisotopic (exact) mass is 383 g/mol. The Bertz CT molecular complexity index is 1100. The number of hydrogen-bond donors (Lipinski definition) is 1. The van der Waals surface area contributed by atoms with Crippen molar-refractivity contribution in [2.24, 2.45) is 0 Å². The number of hydrogen-bond acceptors (Lipinski definition) is 6. The zero-order valence-corrected chi connectivity index (χ0v) is 15.4. The number of carbonyl (C=O) groups is 2. The van der Waals surface area contributed by atoms with Crippen molar-refractivity contribution < 1.29 is 14.3 Å². The highest BCUT2D eigenvalue weighted by Gasteiger charge is 2.27. The highest BCUT2D eigenvalue weighted by molar-refractivity contribution is 7.14. The van der Waals surface area contributed by atoms with Crippen molar-refractivity contribution in [3.8, 4) is 0 Å². The SMILES string of the molecule is CCOC(=O)c1csc(NC(=O)c2cn(C3CC3)c(=O)c3ccccc23)n1. The lowest BCUT2D eigenvalue weighted by Crippen LogP contribution is -2.23. The number of amides is 1. The molecule has 4 rings (SSSR count). The summed E-state index contributed by atoms with van der Waals surface area (Å²) in [5, 5.41) is 5.67. The third kappa shape index (κ3) is 3.35. The third-order valence-corrected chi connectivity index (χ3v) is 5.10. The Labute approximate surface area is 158 Å². The van der Waals surface area contributed by atoms with Gasteiger partial charge in [-0.15, -0.1) is 11.3 Å². The van der Waals surface area contributed by atoms with Crippen LogP contribution in [0.25, 0.3) is 10.8 Å². The van der Waals surface area contributed by atoms with Crippen LogP contribution in [0.2, 0.25) is 0 Å². The van der Waals surface area contributed by atoms with Crippen molar-refractivity contribution in [2.75, 3.05) is 11.9 Å². The smallest absolute Gasteiger partial charge is 0.357 e. The molecule has 1 aromatic carbocycles. The predicted octanol–water partition coefficient (Wildman–Crippen LogP) is 3.22. The zero-order valence-electron chi connectivity index (χ0n) is 14.6. The Morgan fingerprint density at radius 3 is 2.74 bits per heavy atom. The van der Waals surface area contributed by atoms with Gasteiger partial charge in [0.2, 0.25) is 0 Å². The van der Waals surface area contributed by atoms with Gasteiger partial charge in [0.1, 0.15) is 0 Å². The van der Waals surface area contributed by atoms with Crippen molar-refractivity contribution in [2.45, 2.75) is 25.8 Å². The number of carbonyl (C=O) groups excluding carboxylic acids is 2. The molecule has 27 heavy (non-hydrogen) atoms. The Balaban J connectivity index is 1.68. The van der Waals surface area contributed by atoms with Crippen LogP contribution in [0.1, 0.15) is 46.7 Å². The summed E-state index contributed by atoms with van der Waals surface area (Å²) >= 11 is 1.15. The highest BCUT2D eigenvalue weighted by atomic mass is 32.1. The first-order valence-corrected chi connectivity index (χ1v) is 9.54. The van der Waals surface area contributed by atoms with Crippen LogP contribution in [0.5, 0.6) is 0 Å². The van der Waals surface area contributed by atoms with E-state index in [1.807, 2.05) is 0 Å². The molecule has 0 aliphatic heterocycles. The molecule has 0 saturated heterocycles. The van der Waals surface area contributed by atoms with Gasteiger partial charge >= 0.3 is 5.97 Å². The zero-order chi connectivity index (χ0) is 19.0. The van der Waals surface area contributed by atoms with E-state index in [4.69, 9.17) is 4.74 Å². The Hall–Kier alpha value is -3.00. The second-order valence-corrected chi connectivity index (χ2v) is 7.10. The number of fused-ring (bicyclic) bond motifs is 1. The number of anilines is 1. The maximum absolute atomic E-state index is 12.9. The van der Waals surface area contributed by atoms with Crippen LogP contribution in [0.15, 0.2) is 40.6 Å². The number of aromatic nitrogens is 2. The van der Waals surface area contributed by atoms with E-state index in [9.17, 15) is 14.4 Å². The van der Waals surface area contributed by atoms with Crippen molar-refractivity contribution >= 4 is 39.1 Å². The largest absolute Gasteiger partial charge is 0.461 e. The summed E-state index contributed by atoms with van der Waals surface area (Å²) < 4.78 is 6.55. The molecule has 1 fully saturated rings. The maximum atomic E-state index is 12.9. The van der Waals surface area contributed by atoms with Gasteiger partial charge in [-0.2, -0.15) is 0 Å². The number of esters is 1. The Morgan fingerprint density at radius 1 is 1.30 bits per heavy atom. The first-order chi connectivity index (χ1) is 13.1. The predicted molar refractivity (Wildman–Crippen MR) is 103 cm³/mol. The fourth-order valence-electron chi connectivity index (χ4n) is 2.91. The van der Waals surface area contributed by atoms with Crippen LogP contribution in [-0.2, 0) is 4.74 Å². The van der Waals surface area contributed by atoms with Crippen LogP contribution >= 0.6 is 11.3 Å². The van der Waals surface area contributed by atoms with Crippen LogP contribution in [0.3, 0.4) is 0 Å². The van der Waals surface area contributed by atoms with Crippen molar-refractivity contribution in [3.05, 3.63) is 57.5 Å². The molecule has 0 radical (unpaired) electrons. The van der Waals surface area contributed by atoms with E-state index in [0.717, 1.165) is 24.2 Å². The topological polar surface area (TPSA) is 90.3 Å². The Kier molecular flexibility index (Phi) is 4.49. The van der Waals surface area contributed by atoms with E-state index in [1.54, 1.807) is 42.0 Å². The number of pyridine rings is 1. The molecule has 1 N–H and O–H groups in total. The molecular formula is C19H17N3O4S. The fourth-order valence-corrected chi connectivity index (χ4v) is 3.58. The maximum Gasteiger partial charge on any atom is 0.357 e. The number of benzene rings is 1. The third-order valence-electron chi connectivity index (χ3n) is 4.34. The van der Waals surface area contributed by atoms with Gasteiger partial charge in [0.15, 0.2) is 10.8 Å². The van der Waals surface area contributed by atoms with Gasteiger partial charge in [-0.05, 0) is 25.8 Å². The van der Waals surface area contributed by atoms with Gasteiger partial charge in [-0.1, -0.05) is 18.2 Å². The number of thiazole rings is 1. The van der Waals surface area contributed by atoms with Gasteiger partial charge in [0.25, 0.3) is 11.5 Å². The van der Waals surface area contributed by atoms with E-state index in [-0.39, 0.29) is 29.8 Å². The van der Waals surface area contributed by atoms with Gasteiger partial charge in [-0.3, -0.25) is 14.9 Å². The number of rotatable bonds is 5. The van der Waals surface area contributed by atoms with Gasteiger partial charge in [-0.25, -0.2) is 9.78 Å². The normalized spacial score (nSPS) is 13.5. The molecule has 2 heterocycles. The van der Waals surface area contributed by atoms with Crippen LogP contribution in [0, 0.1) is 0 Å². The van der Waals surface area contributed by atoms with E-state index in [1.165, 1.54) is 5.38 Å². The molecule has 1 amide bonds. The molecule has 138 valence electrons.